The van der Waals surface area contributed by atoms with Crippen LogP contribution in [-0.2, 0) is 24.8 Å². The summed E-state index contributed by atoms with van der Waals surface area (Å²) in [6.07, 6.45) is 0. The second-order valence-electron chi connectivity index (χ2n) is 9.41. The molecule has 4 aromatic carbocycles. The van der Waals surface area contributed by atoms with Gasteiger partial charge in [0, 0.05) is 17.4 Å². The molecule has 4 rings (SSSR count). The van der Waals surface area contributed by atoms with Gasteiger partial charge in [0.1, 0.15) is 18.0 Å². The molecular formula is C30H31N3O7S2. The van der Waals surface area contributed by atoms with Crippen molar-refractivity contribution in [1.82, 2.24) is 0 Å². The standard InChI is InChI=1S/C30H31N3O7S2/c1-21-8-13-27(14-9-21)42(37,38)33(28-19-25(39-3)12-17-29(28)40-4)20-30(34)31-23-10-15-26(16-11-23)41(35,36)32-24-7-5-6-22(2)18-24/h5-19,32H,20H2,1-4H3,(H,31,34). The normalized spacial score (nSPS) is 11.4. The van der Waals surface area contributed by atoms with E-state index in [9.17, 15) is 21.6 Å². The van der Waals surface area contributed by atoms with Crippen molar-refractivity contribution in [2.75, 3.05) is 35.1 Å². The highest BCUT2D eigenvalue weighted by Gasteiger charge is 2.30. The lowest BCUT2D eigenvalue weighted by atomic mass is 10.2. The fourth-order valence-corrected chi connectivity index (χ4v) is 6.57. The highest BCUT2D eigenvalue weighted by atomic mass is 32.2. The average Bonchev–Trinajstić information content (AvgIpc) is 2.96. The highest BCUT2D eigenvalue weighted by molar-refractivity contribution is 7.93. The molecule has 0 aliphatic carbocycles. The third-order valence-corrected chi connectivity index (χ3v) is 9.44. The number of sulfonamides is 2. The van der Waals surface area contributed by atoms with Gasteiger partial charge in [0.2, 0.25) is 5.91 Å². The molecule has 0 unspecified atom stereocenters. The summed E-state index contributed by atoms with van der Waals surface area (Å²) in [6, 6.07) is 23.4. The fraction of sp³-hybridized carbons (Fsp3) is 0.167. The van der Waals surface area contributed by atoms with Crippen LogP contribution in [0.5, 0.6) is 11.5 Å². The smallest absolute Gasteiger partial charge is 0.264 e. The Labute approximate surface area is 246 Å². The molecule has 2 N–H and O–H groups in total. The van der Waals surface area contributed by atoms with Crippen LogP contribution in [0, 0.1) is 13.8 Å². The molecule has 42 heavy (non-hydrogen) atoms. The summed E-state index contributed by atoms with van der Waals surface area (Å²) in [7, 11) is -5.26. The number of anilines is 3. The molecule has 4 aromatic rings. The van der Waals surface area contributed by atoms with Crippen molar-refractivity contribution in [1.29, 1.82) is 0 Å². The molecule has 0 aliphatic rings. The van der Waals surface area contributed by atoms with Crippen LogP contribution in [0.25, 0.3) is 0 Å². The van der Waals surface area contributed by atoms with Gasteiger partial charge in [-0.25, -0.2) is 16.8 Å². The molecule has 0 heterocycles. The van der Waals surface area contributed by atoms with Crippen LogP contribution in [0.15, 0.2) is 101 Å². The maximum absolute atomic E-state index is 13.8. The molecule has 0 saturated carbocycles. The van der Waals surface area contributed by atoms with Gasteiger partial charge in [-0.15, -0.1) is 0 Å². The maximum Gasteiger partial charge on any atom is 0.264 e. The van der Waals surface area contributed by atoms with Crippen LogP contribution >= 0.6 is 0 Å². The van der Waals surface area contributed by atoms with E-state index in [0.717, 1.165) is 15.4 Å². The van der Waals surface area contributed by atoms with E-state index in [1.165, 1.54) is 56.7 Å². The zero-order valence-electron chi connectivity index (χ0n) is 23.5. The Morgan fingerprint density at radius 2 is 1.40 bits per heavy atom. The van der Waals surface area contributed by atoms with Crippen LogP contribution < -0.4 is 23.8 Å². The summed E-state index contributed by atoms with van der Waals surface area (Å²) >= 11 is 0. The van der Waals surface area contributed by atoms with Crippen molar-refractivity contribution in [3.63, 3.8) is 0 Å². The van der Waals surface area contributed by atoms with Crippen molar-refractivity contribution in [2.24, 2.45) is 0 Å². The van der Waals surface area contributed by atoms with E-state index in [4.69, 9.17) is 9.47 Å². The van der Waals surface area contributed by atoms with E-state index in [1.807, 2.05) is 19.9 Å². The summed E-state index contributed by atoms with van der Waals surface area (Å²) in [5.41, 5.74) is 2.58. The number of nitrogens with one attached hydrogen (secondary N) is 2. The van der Waals surface area contributed by atoms with E-state index >= 15 is 0 Å². The van der Waals surface area contributed by atoms with Crippen molar-refractivity contribution >= 4 is 43.0 Å². The van der Waals surface area contributed by atoms with E-state index in [2.05, 4.69) is 10.0 Å². The van der Waals surface area contributed by atoms with Crippen LogP contribution in [0.3, 0.4) is 0 Å². The molecule has 0 spiro atoms. The molecule has 0 saturated heterocycles. The maximum atomic E-state index is 13.8. The SMILES string of the molecule is COc1ccc(OC)c(N(CC(=O)Nc2ccc(S(=O)(=O)Nc3cccc(C)c3)cc2)S(=O)(=O)c2ccc(C)cc2)c1. The number of hydrogen-bond donors (Lipinski definition) is 2. The van der Waals surface area contributed by atoms with E-state index in [0.29, 0.717) is 11.4 Å². The summed E-state index contributed by atoms with van der Waals surface area (Å²) < 4.78 is 67.4. The number of benzene rings is 4. The number of aryl methyl sites for hydroxylation is 2. The van der Waals surface area contributed by atoms with Crippen molar-refractivity contribution < 1.29 is 31.1 Å². The van der Waals surface area contributed by atoms with Crippen molar-refractivity contribution in [3.8, 4) is 11.5 Å². The lowest BCUT2D eigenvalue weighted by Crippen LogP contribution is -2.38. The fourth-order valence-electron chi connectivity index (χ4n) is 4.10. The van der Waals surface area contributed by atoms with Gasteiger partial charge in [0.05, 0.1) is 29.7 Å². The molecule has 12 heteroatoms. The Balaban J connectivity index is 1.60. The number of carbonyl (C=O) groups excluding carboxylic acids is 1. The Hall–Kier alpha value is -4.55. The lowest BCUT2D eigenvalue weighted by Gasteiger charge is -2.26. The van der Waals surface area contributed by atoms with Gasteiger partial charge in [-0.3, -0.25) is 13.8 Å². The van der Waals surface area contributed by atoms with Crippen LogP contribution in [0.4, 0.5) is 17.1 Å². The quantitative estimate of drug-likeness (QED) is 0.246. The van der Waals surface area contributed by atoms with Crippen molar-refractivity contribution in [2.45, 2.75) is 23.6 Å². The Kier molecular flexibility index (Phi) is 9.08. The first-order chi connectivity index (χ1) is 19.9. The predicted molar refractivity (Wildman–Crippen MR) is 162 cm³/mol. The van der Waals surface area contributed by atoms with Gasteiger partial charge in [-0.05, 0) is 80.1 Å². The number of carbonyl (C=O) groups is 1. The van der Waals surface area contributed by atoms with Gasteiger partial charge in [0.15, 0.2) is 0 Å². The molecule has 0 bridgehead atoms. The lowest BCUT2D eigenvalue weighted by molar-refractivity contribution is -0.114. The highest BCUT2D eigenvalue weighted by Crippen LogP contribution is 2.35. The van der Waals surface area contributed by atoms with Gasteiger partial charge >= 0.3 is 0 Å². The summed E-state index contributed by atoms with van der Waals surface area (Å²) in [5, 5.41) is 2.64. The molecule has 220 valence electrons. The Morgan fingerprint density at radius 3 is 2.02 bits per heavy atom. The minimum atomic E-state index is -4.23. The zero-order chi connectivity index (χ0) is 30.5. The summed E-state index contributed by atoms with van der Waals surface area (Å²) in [6.45, 7) is 3.09. The first-order valence-electron chi connectivity index (χ1n) is 12.7. The zero-order valence-corrected chi connectivity index (χ0v) is 25.1. The summed E-state index contributed by atoms with van der Waals surface area (Å²) in [5.74, 6) is -0.0783. The molecule has 0 atom stereocenters. The number of methoxy groups -OCH3 is 2. The minimum absolute atomic E-state index is 0.00769. The number of ether oxygens (including phenoxy) is 2. The van der Waals surface area contributed by atoms with Crippen LogP contribution in [0.2, 0.25) is 0 Å². The van der Waals surface area contributed by atoms with Gasteiger partial charge in [-0.2, -0.15) is 0 Å². The topological polar surface area (TPSA) is 131 Å². The van der Waals surface area contributed by atoms with Gasteiger partial charge < -0.3 is 14.8 Å². The van der Waals surface area contributed by atoms with Crippen LogP contribution in [-0.4, -0.2) is 43.5 Å². The van der Waals surface area contributed by atoms with Gasteiger partial charge in [-0.1, -0.05) is 29.8 Å². The Morgan fingerprint density at radius 1 is 0.738 bits per heavy atom. The van der Waals surface area contributed by atoms with Gasteiger partial charge in [0.25, 0.3) is 20.0 Å². The van der Waals surface area contributed by atoms with E-state index in [1.54, 1.807) is 42.5 Å². The molecule has 0 aliphatic heterocycles. The third kappa shape index (κ3) is 7.01. The predicted octanol–water partition coefficient (Wildman–Crippen LogP) is 4.96. The number of amides is 1. The summed E-state index contributed by atoms with van der Waals surface area (Å²) in [4.78, 5) is 13.2. The Bertz CT molecular complexity index is 1790. The van der Waals surface area contributed by atoms with E-state index in [-0.39, 0.29) is 26.9 Å². The largest absolute Gasteiger partial charge is 0.497 e. The number of rotatable bonds is 11. The minimum Gasteiger partial charge on any atom is -0.497 e. The van der Waals surface area contributed by atoms with Crippen LogP contribution in [0.1, 0.15) is 11.1 Å². The molecule has 1 amide bonds. The molecule has 0 aromatic heterocycles. The second kappa shape index (κ2) is 12.5. The third-order valence-electron chi connectivity index (χ3n) is 6.27. The first kappa shape index (κ1) is 30.4. The van der Waals surface area contributed by atoms with Crippen molar-refractivity contribution in [3.05, 3.63) is 102 Å². The monoisotopic (exact) mass is 609 g/mol. The molecule has 10 nitrogen and oxygen atoms in total. The molecular weight excluding hydrogens is 578 g/mol. The second-order valence-corrected chi connectivity index (χ2v) is 13.0. The van der Waals surface area contributed by atoms with E-state index < -0.39 is 32.5 Å². The number of nitrogens with zero attached hydrogens (tertiary/aromatic N) is 1. The number of hydrogen-bond acceptors (Lipinski definition) is 7. The molecule has 0 radical (unpaired) electrons. The first-order valence-corrected chi connectivity index (χ1v) is 15.7. The average molecular weight is 610 g/mol. The molecule has 0 fully saturated rings.